The Balaban J connectivity index is 1.69. The van der Waals surface area contributed by atoms with Crippen LogP contribution in [0.4, 0.5) is 0 Å². The van der Waals surface area contributed by atoms with E-state index in [0.29, 0.717) is 37.1 Å². The quantitative estimate of drug-likeness (QED) is 0.208. The van der Waals surface area contributed by atoms with Crippen LogP contribution in [0.3, 0.4) is 0 Å². The number of ether oxygens (including phenoxy) is 1. The molecule has 3 amide bonds. The normalized spacial score (nSPS) is 16.4. The summed E-state index contributed by atoms with van der Waals surface area (Å²) < 4.78 is 5.16. The predicted octanol–water partition coefficient (Wildman–Crippen LogP) is 3.02. The van der Waals surface area contributed by atoms with Crippen LogP contribution in [0.2, 0.25) is 0 Å². The molecule has 3 N–H and O–H groups in total. The molecule has 1 heterocycles. The monoisotopic (exact) mass is 508 g/mol. The van der Waals surface area contributed by atoms with Gasteiger partial charge < -0.3 is 25.5 Å². The summed E-state index contributed by atoms with van der Waals surface area (Å²) in [7, 11) is 1.58. The van der Waals surface area contributed by atoms with Crippen LogP contribution in [-0.2, 0) is 20.8 Å². The average molecular weight is 509 g/mol. The summed E-state index contributed by atoms with van der Waals surface area (Å²) in [6.07, 6.45) is 1.72. The first-order valence-corrected chi connectivity index (χ1v) is 12.5. The molecule has 1 saturated heterocycles. The van der Waals surface area contributed by atoms with E-state index in [4.69, 9.17) is 4.74 Å². The Morgan fingerprint density at radius 2 is 1.78 bits per heavy atom. The fourth-order valence-corrected chi connectivity index (χ4v) is 4.44. The van der Waals surface area contributed by atoms with Crippen LogP contribution in [-0.4, -0.2) is 59.4 Å². The number of methoxy groups -OCH3 is 1. The summed E-state index contributed by atoms with van der Waals surface area (Å²) in [4.78, 5) is 41.1. The van der Waals surface area contributed by atoms with Crippen LogP contribution in [0.5, 0.6) is 5.75 Å². The zero-order chi connectivity index (χ0) is 26.9. The Kier molecular flexibility index (Phi) is 9.65. The number of hydrogen-bond donors (Lipinski definition) is 3. The first-order valence-electron chi connectivity index (χ1n) is 12.5. The number of likely N-dealkylation sites (tertiary alicyclic amines) is 1. The third kappa shape index (κ3) is 7.55. The maximum absolute atomic E-state index is 13.6. The molecule has 0 spiro atoms. The van der Waals surface area contributed by atoms with Crippen molar-refractivity contribution in [2.45, 2.75) is 58.5 Å². The lowest BCUT2D eigenvalue weighted by Gasteiger charge is -2.29. The van der Waals surface area contributed by atoms with E-state index in [2.05, 4.69) is 15.8 Å². The molecule has 37 heavy (non-hydrogen) atoms. The predicted molar refractivity (Wildman–Crippen MR) is 140 cm³/mol. The topological polar surface area (TPSA) is 120 Å². The molecule has 0 aliphatic carbocycles. The van der Waals surface area contributed by atoms with Gasteiger partial charge in [0.05, 0.1) is 13.5 Å². The molecule has 198 valence electrons. The second kappa shape index (κ2) is 12.9. The first kappa shape index (κ1) is 27.7. The molecule has 2 aromatic carbocycles. The zero-order valence-corrected chi connectivity index (χ0v) is 21.9. The Morgan fingerprint density at radius 3 is 2.38 bits per heavy atom. The second-order valence-electron chi connectivity index (χ2n) is 9.77. The van der Waals surface area contributed by atoms with E-state index in [1.54, 1.807) is 31.4 Å². The van der Waals surface area contributed by atoms with Crippen LogP contribution >= 0.6 is 0 Å². The number of carbonyl (C=O) groups is 3. The third-order valence-electron chi connectivity index (χ3n) is 6.37. The van der Waals surface area contributed by atoms with Gasteiger partial charge in [0.15, 0.2) is 5.84 Å². The van der Waals surface area contributed by atoms with Crippen molar-refractivity contribution in [2.24, 2.45) is 11.1 Å². The Bertz CT molecular complexity index is 1110. The van der Waals surface area contributed by atoms with Crippen LogP contribution in [0.25, 0.3) is 0 Å². The van der Waals surface area contributed by atoms with E-state index < -0.39 is 18.0 Å². The highest BCUT2D eigenvalue weighted by Crippen LogP contribution is 2.21. The van der Waals surface area contributed by atoms with Crippen molar-refractivity contribution in [3.8, 4) is 5.75 Å². The summed E-state index contributed by atoms with van der Waals surface area (Å²) in [5, 5.41) is 18.3. The Morgan fingerprint density at radius 1 is 1.11 bits per heavy atom. The Labute approximate surface area is 217 Å². The summed E-state index contributed by atoms with van der Waals surface area (Å²) in [5.41, 5.74) is 2.39. The first-order chi connectivity index (χ1) is 17.7. The van der Waals surface area contributed by atoms with Gasteiger partial charge in [-0.1, -0.05) is 61.0 Å². The van der Waals surface area contributed by atoms with Gasteiger partial charge in [0.25, 0.3) is 0 Å². The number of aryl methyl sites for hydroxylation is 1. The third-order valence-corrected chi connectivity index (χ3v) is 6.37. The highest BCUT2D eigenvalue weighted by molar-refractivity contribution is 6.09. The number of amides is 3. The number of amidine groups is 1. The molecule has 2 aromatic rings. The lowest BCUT2D eigenvalue weighted by molar-refractivity contribution is -0.141. The number of rotatable bonds is 9. The largest absolute Gasteiger partial charge is 0.497 e. The molecular formula is C28H36N4O5. The molecule has 1 aliphatic heterocycles. The molecule has 9 heteroatoms. The van der Waals surface area contributed by atoms with Crippen LogP contribution in [0.1, 0.15) is 49.8 Å². The molecule has 0 unspecified atom stereocenters. The highest BCUT2D eigenvalue weighted by Gasteiger charge is 2.38. The molecule has 2 atom stereocenters. The minimum absolute atomic E-state index is 0.0239. The fraction of sp³-hybridized carbons (Fsp3) is 0.429. The van der Waals surface area contributed by atoms with Crippen molar-refractivity contribution in [1.82, 2.24) is 15.5 Å². The maximum atomic E-state index is 13.6. The molecule has 0 aromatic heterocycles. The number of nitrogens with one attached hydrogen (secondary N) is 2. The minimum Gasteiger partial charge on any atom is -0.497 e. The molecule has 0 saturated carbocycles. The summed E-state index contributed by atoms with van der Waals surface area (Å²) >= 11 is 0. The van der Waals surface area contributed by atoms with Crippen molar-refractivity contribution in [1.29, 1.82) is 0 Å². The lowest BCUT2D eigenvalue weighted by atomic mass is 10.0. The second-order valence-corrected chi connectivity index (χ2v) is 9.77. The van der Waals surface area contributed by atoms with Gasteiger partial charge in [0.2, 0.25) is 17.7 Å². The van der Waals surface area contributed by atoms with E-state index in [1.807, 2.05) is 45.0 Å². The molecule has 1 aliphatic rings. The number of hydrogen-bond acceptors (Lipinski definition) is 6. The molecule has 3 rings (SSSR count). The molecular weight excluding hydrogens is 472 g/mol. The van der Waals surface area contributed by atoms with Crippen molar-refractivity contribution in [3.05, 3.63) is 65.2 Å². The smallest absolute Gasteiger partial charge is 0.248 e. The molecule has 0 radical (unpaired) electrons. The van der Waals surface area contributed by atoms with E-state index in [0.717, 1.165) is 11.1 Å². The van der Waals surface area contributed by atoms with Gasteiger partial charge in [-0.15, -0.1) is 0 Å². The summed E-state index contributed by atoms with van der Waals surface area (Å²) in [6, 6.07) is 12.9. The van der Waals surface area contributed by atoms with E-state index in [1.165, 1.54) is 4.90 Å². The van der Waals surface area contributed by atoms with Gasteiger partial charge in [-0.05, 0) is 49.8 Å². The Hall–Kier alpha value is -3.88. The van der Waals surface area contributed by atoms with Gasteiger partial charge in [-0.2, -0.15) is 0 Å². The van der Waals surface area contributed by atoms with E-state index in [-0.39, 0.29) is 30.0 Å². The van der Waals surface area contributed by atoms with E-state index in [9.17, 15) is 19.6 Å². The highest BCUT2D eigenvalue weighted by atomic mass is 16.5. The SMILES string of the molecule is COc1ccc(CC(=O)N[C@H](CC(C)C)C(=O)N2CCC[C@H]2C(=O)NC(=NO)c2ccc(C)cc2)cc1. The van der Waals surface area contributed by atoms with Gasteiger partial charge in [0.1, 0.15) is 17.8 Å². The standard InChI is InChI=1S/C28H36N4O5/c1-18(2)16-23(29-25(33)17-20-9-13-22(37-4)14-10-20)28(35)32-15-5-6-24(32)27(34)30-26(31-36)21-11-7-19(3)8-12-21/h7-14,18,23-24,36H,5-6,15-17H2,1-4H3,(H,29,33)(H,30,31,34)/t23-,24+/m1/s1. The maximum Gasteiger partial charge on any atom is 0.248 e. The summed E-state index contributed by atoms with van der Waals surface area (Å²) in [6.45, 7) is 6.31. The van der Waals surface area contributed by atoms with E-state index >= 15 is 0 Å². The molecule has 1 fully saturated rings. The average Bonchev–Trinajstić information content (AvgIpc) is 3.37. The zero-order valence-electron chi connectivity index (χ0n) is 21.9. The number of carbonyl (C=O) groups excluding carboxylic acids is 3. The number of nitrogens with zero attached hydrogens (tertiary/aromatic N) is 2. The number of oxime groups is 1. The lowest BCUT2D eigenvalue weighted by Crippen LogP contribution is -2.54. The summed E-state index contributed by atoms with van der Waals surface area (Å²) in [5.74, 6) is -0.0967. The van der Waals surface area contributed by atoms with Crippen LogP contribution < -0.4 is 15.4 Å². The van der Waals surface area contributed by atoms with Gasteiger partial charge in [0, 0.05) is 12.1 Å². The van der Waals surface area contributed by atoms with Gasteiger partial charge in [-0.25, -0.2) is 0 Å². The van der Waals surface area contributed by atoms with Crippen molar-refractivity contribution in [2.75, 3.05) is 13.7 Å². The van der Waals surface area contributed by atoms with Crippen LogP contribution in [0, 0.1) is 12.8 Å². The van der Waals surface area contributed by atoms with Gasteiger partial charge in [-0.3, -0.25) is 14.4 Å². The van der Waals surface area contributed by atoms with Crippen molar-refractivity contribution < 1.29 is 24.3 Å². The molecule has 9 nitrogen and oxygen atoms in total. The fourth-order valence-electron chi connectivity index (χ4n) is 4.44. The van der Waals surface area contributed by atoms with Crippen LogP contribution in [0.15, 0.2) is 53.7 Å². The van der Waals surface area contributed by atoms with Crippen molar-refractivity contribution in [3.63, 3.8) is 0 Å². The van der Waals surface area contributed by atoms with Crippen molar-refractivity contribution >= 4 is 23.6 Å². The number of benzene rings is 2. The van der Waals surface area contributed by atoms with Gasteiger partial charge >= 0.3 is 0 Å². The minimum atomic E-state index is -0.748. The molecule has 0 bridgehead atoms.